The van der Waals surface area contributed by atoms with E-state index in [1.165, 1.54) is 231 Å². The highest BCUT2D eigenvalue weighted by Gasteiger charge is 2.26. The summed E-state index contributed by atoms with van der Waals surface area (Å²) in [4.78, 5) is 35.4. The van der Waals surface area contributed by atoms with Crippen LogP contribution in [0.5, 0.6) is 0 Å². The smallest absolute Gasteiger partial charge is 0.462 e. The lowest BCUT2D eigenvalue weighted by Gasteiger charge is -2.19. The van der Waals surface area contributed by atoms with Crippen molar-refractivity contribution >= 4 is 19.8 Å². The Morgan fingerprint density at radius 1 is 0.326 bits per heavy atom. The molecule has 0 aliphatic heterocycles. The van der Waals surface area contributed by atoms with Crippen molar-refractivity contribution in [3.05, 3.63) is 122 Å². The summed E-state index contributed by atoms with van der Waals surface area (Å²) in [5.41, 5.74) is 5.41. The quantitative estimate of drug-likeness (QED) is 0.0264. The fourth-order valence-electron chi connectivity index (χ4n) is 11.5. The number of nitrogens with two attached hydrogens (primary N) is 1. The summed E-state index contributed by atoms with van der Waals surface area (Å²) in [5, 5.41) is 0. The first-order valence-electron chi connectivity index (χ1n) is 40.0. The molecular formula is C85H150NO8P. The Morgan fingerprint density at radius 2 is 0.579 bits per heavy atom. The number of allylic oxidation sites excluding steroid dienone is 20. The molecule has 0 aliphatic carbocycles. The van der Waals surface area contributed by atoms with Crippen molar-refractivity contribution in [3.8, 4) is 0 Å². The van der Waals surface area contributed by atoms with Crippen LogP contribution in [0.1, 0.15) is 373 Å². The van der Waals surface area contributed by atoms with Crippen LogP contribution in [-0.4, -0.2) is 49.3 Å². The second kappa shape index (κ2) is 79.4. The molecule has 9 nitrogen and oxygen atoms in total. The summed E-state index contributed by atoms with van der Waals surface area (Å²) < 4.78 is 33.2. The van der Waals surface area contributed by atoms with Gasteiger partial charge in [0.05, 0.1) is 13.2 Å². The van der Waals surface area contributed by atoms with E-state index in [4.69, 9.17) is 24.3 Å². The van der Waals surface area contributed by atoms with Crippen molar-refractivity contribution in [1.82, 2.24) is 0 Å². The molecule has 0 aliphatic rings. The van der Waals surface area contributed by atoms with Gasteiger partial charge in [0.25, 0.3) is 0 Å². The highest BCUT2D eigenvalue weighted by atomic mass is 31.2. The number of unbranched alkanes of at least 4 members (excludes halogenated alkanes) is 42. The maximum atomic E-state index is 12.8. The van der Waals surface area contributed by atoms with E-state index in [1.807, 2.05) is 0 Å². The monoisotopic (exact) mass is 1340 g/mol. The highest BCUT2D eigenvalue weighted by molar-refractivity contribution is 7.47. The number of hydrogen-bond donors (Lipinski definition) is 2. The average Bonchev–Trinajstić information content (AvgIpc) is 3.32. The summed E-state index contributed by atoms with van der Waals surface area (Å²) in [6, 6.07) is 0. The first-order chi connectivity index (χ1) is 46.8. The first-order valence-corrected chi connectivity index (χ1v) is 41.5. The molecule has 2 unspecified atom stereocenters. The molecule has 0 saturated carbocycles. The van der Waals surface area contributed by atoms with E-state index in [9.17, 15) is 19.0 Å². The molecule has 0 aromatic carbocycles. The van der Waals surface area contributed by atoms with E-state index in [0.29, 0.717) is 6.42 Å². The van der Waals surface area contributed by atoms with Crippen molar-refractivity contribution in [1.29, 1.82) is 0 Å². The lowest BCUT2D eigenvalue weighted by Crippen LogP contribution is -2.29. The number of hydrogen-bond acceptors (Lipinski definition) is 8. The maximum absolute atomic E-state index is 12.8. The first kappa shape index (κ1) is 91.4. The molecule has 0 bridgehead atoms. The van der Waals surface area contributed by atoms with Gasteiger partial charge in [-0.15, -0.1) is 0 Å². The molecule has 0 fully saturated rings. The van der Waals surface area contributed by atoms with Crippen LogP contribution in [0.2, 0.25) is 0 Å². The summed E-state index contributed by atoms with van der Waals surface area (Å²) in [5.74, 6) is -0.850. The Balaban J connectivity index is 3.87. The molecule has 548 valence electrons. The summed E-state index contributed by atoms with van der Waals surface area (Å²) in [7, 11) is -4.41. The van der Waals surface area contributed by atoms with Gasteiger partial charge in [-0.05, 0) is 89.9 Å². The summed E-state index contributed by atoms with van der Waals surface area (Å²) >= 11 is 0. The second-order valence-electron chi connectivity index (χ2n) is 26.6. The van der Waals surface area contributed by atoms with Gasteiger partial charge in [0, 0.05) is 19.4 Å². The molecule has 0 spiro atoms. The molecule has 2 atom stereocenters. The van der Waals surface area contributed by atoms with Gasteiger partial charge in [0.2, 0.25) is 0 Å². The Kier molecular flexibility index (Phi) is 76.4. The van der Waals surface area contributed by atoms with Crippen molar-refractivity contribution < 1.29 is 37.6 Å². The number of carbonyl (C=O) groups is 2. The van der Waals surface area contributed by atoms with Crippen molar-refractivity contribution in [3.63, 3.8) is 0 Å². The minimum atomic E-state index is -4.41. The van der Waals surface area contributed by atoms with E-state index in [2.05, 4.69) is 135 Å². The van der Waals surface area contributed by atoms with E-state index < -0.39 is 26.5 Å². The van der Waals surface area contributed by atoms with Crippen LogP contribution < -0.4 is 5.73 Å². The summed E-state index contributed by atoms with van der Waals surface area (Å²) in [6.07, 6.45) is 112. The minimum absolute atomic E-state index is 0.0443. The zero-order valence-electron chi connectivity index (χ0n) is 61.9. The molecule has 3 N–H and O–H groups in total. The van der Waals surface area contributed by atoms with Crippen molar-refractivity contribution in [2.45, 2.75) is 380 Å². The largest absolute Gasteiger partial charge is 0.472 e. The van der Waals surface area contributed by atoms with E-state index >= 15 is 0 Å². The average molecular weight is 1350 g/mol. The standard InChI is InChI=1S/C85H150NO8P/c1-3-5-7-9-11-13-15-17-19-21-23-25-27-29-31-33-35-37-39-40-41-42-44-45-47-49-51-53-55-57-59-61-63-65-67-69-71-73-75-77-84(87)91-81-83(82-93-95(89,90)92-80-79-86)94-85(88)78-76-74-72-70-68-66-64-62-60-58-56-54-52-50-48-46-43-38-36-34-32-30-28-26-24-22-20-18-16-14-12-10-8-6-4-2/h6,8,12,14,18,20,24,26,30,32,36,38,46,48,52,54,58,60,64,66,83H,3-5,7,9-11,13,15-17,19,21-23,25,27-29,31,33-35,37,39-45,47,49-51,53,55-57,59,61-63,65,67-82,86H2,1-2H3,(H,89,90)/b8-6-,14-12-,20-18-,26-24-,32-30-,38-36-,48-46-,54-52-,60-58-,66-64-. The van der Waals surface area contributed by atoms with Gasteiger partial charge in [-0.25, -0.2) is 4.57 Å². The number of ether oxygens (including phenoxy) is 2. The van der Waals surface area contributed by atoms with Gasteiger partial charge >= 0.3 is 19.8 Å². The lowest BCUT2D eigenvalue weighted by molar-refractivity contribution is -0.161. The molecule has 0 heterocycles. The second-order valence-corrected chi connectivity index (χ2v) is 28.0. The number of phosphoric acid groups is 1. The van der Waals surface area contributed by atoms with Crippen LogP contribution >= 0.6 is 7.82 Å². The van der Waals surface area contributed by atoms with Crippen molar-refractivity contribution in [2.75, 3.05) is 26.4 Å². The minimum Gasteiger partial charge on any atom is -0.462 e. The topological polar surface area (TPSA) is 134 Å². The predicted octanol–water partition coefficient (Wildman–Crippen LogP) is 27.0. The molecule has 0 rings (SSSR count). The van der Waals surface area contributed by atoms with E-state index in [0.717, 1.165) is 109 Å². The molecular weight excluding hydrogens is 1190 g/mol. The third kappa shape index (κ3) is 79.3. The number of esters is 2. The van der Waals surface area contributed by atoms with Gasteiger partial charge < -0.3 is 20.1 Å². The Morgan fingerprint density at radius 3 is 0.863 bits per heavy atom. The van der Waals surface area contributed by atoms with E-state index in [1.54, 1.807) is 0 Å². The number of rotatable bonds is 75. The molecule has 0 amide bonds. The summed E-state index contributed by atoms with van der Waals surface area (Å²) in [6.45, 7) is 3.64. The fourth-order valence-corrected chi connectivity index (χ4v) is 12.3. The van der Waals surface area contributed by atoms with Gasteiger partial charge in [0.1, 0.15) is 6.61 Å². The van der Waals surface area contributed by atoms with Crippen molar-refractivity contribution in [2.24, 2.45) is 5.73 Å². The number of carbonyl (C=O) groups excluding carboxylic acids is 2. The van der Waals surface area contributed by atoms with Crippen LogP contribution in [0.25, 0.3) is 0 Å². The molecule has 0 aromatic heterocycles. The maximum Gasteiger partial charge on any atom is 0.472 e. The fraction of sp³-hybridized carbons (Fsp3) is 0.741. The van der Waals surface area contributed by atoms with Crippen LogP contribution in [0.15, 0.2) is 122 Å². The molecule has 0 saturated heterocycles. The lowest BCUT2D eigenvalue weighted by atomic mass is 10.0. The highest BCUT2D eigenvalue weighted by Crippen LogP contribution is 2.43. The SMILES string of the molecule is CC/C=C\C/C=C\C/C=C\C/C=C\C/C=C\C/C=C\C/C=C\C/C=C\C/C=C\C/C=C\CCCCCCC(=O)OC(COC(=O)CCCCCCCCCCCCCCCCCCCCCCCCCCCCCCCCCCCCCCCCC)COP(=O)(O)OCCN. The number of phosphoric ester groups is 1. The third-order valence-corrected chi connectivity index (χ3v) is 18.3. The third-order valence-electron chi connectivity index (χ3n) is 17.4. The Labute approximate surface area is 587 Å². The molecule has 95 heavy (non-hydrogen) atoms. The normalized spacial score (nSPS) is 13.5. The Hall–Kier alpha value is -3.59. The Bertz CT molecular complexity index is 1980. The van der Waals surface area contributed by atoms with Crippen LogP contribution in [0, 0.1) is 0 Å². The van der Waals surface area contributed by atoms with Crippen LogP contribution in [0.4, 0.5) is 0 Å². The van der Waals surface area contributed by atoms with Crippen LogP contribution in [-0.2, 0) is 32.7 Å². The van der Waals surface area contributed by atoms with Gasteiger partial charge in [0.15, 0.2) is 6.10 Å². The van der Waals surface area contributed by atoms with Gasteiger partial charge in [-0.2, -0.15) is 0 Å². The predicted molar refractivity (Wildman–Crippen MR) is 413 cm³/mol. The zero-order chi connectivity index (χ0) is 68.6. The molecule has 0 aromatic rings. The molecule has 0 radical (unpaired) electrons. The van der Waals surface area contributed by atoms with Gasteiger partial charge in [-0.1, -0.05) is 392 Å². The van der Waals surface area contributed by atoms with Gasteiger partial charge in [-0.3, -0.25) is 18.6 Å². The van der Waals surface area contributed by atoms with E-state index in [-0.39, 0.29) is 38.6 Å². The zero-order valence-corrected chi connectivity index (χ0v) is 62.8. The van der Waals surface area contributed by atoms with Crippen LogP contribution in [0.3, 0.4) is 0 Å². The molecule has 10 heteroatoms.